The Morgan fingerprint density at radius 1 is 1.42 bits per heavy atom. The van der Waals surface area contributed by atoms with Gasteiger partial charge in [-0.05, 0) is 39.7 Å². The minimum atomic E-state index is -3.49. The summed E-state index contributed by atoms with van der Waals surface area (Å²) < 4.78 is 33.2. The van der Waals surface area contributed by atoms with Gasteiger partial charge in [-0.1, -0.05) is 6.92 Å². The average Bonchev–Trinajstić information content (AvgIpc) is 2.66. The zero-order valence-electron chi connectivity index (χ0n) is 11.7. The molecule has 0 aliphatic heterocycles. The van der Waals surface area contributed by atoms with E-state index in [-0.39, 0.29) is 10.4 Å². The lowest BCUT2D eigenvalue weighted by Gasteiger charge is -2.41. The third-order valence-corrected chi connectivity index (χ3v) is 5.59. The minimum absolute atomic E-state index is 0.244. The average molecular weight is 286 g/mol. The highest BCUT2D eigenvalue weighted by Crippen LogP contribution is 2.36. The lowest BCUT2D eigenvalue weighted by molar-refractivity contribution is 0.213. The first-order valence-electron chi connectivity index (χ1n) is 6.70. The molecule has 1 saturated carbocycles. The van der Waals surface area contributed by atoms with Crippen LogP contribution < -0.4 is 10.0 Å². The van der Waals surface area contributed by atoms with Crippen LogP contribution in [-0.2, 0) is 16.6 Å². The maximum absolute atomic E-state index is 12.4. The number of hydrogen-bond donors (Lipinski definition) is 2. The molecule has 108 valence electrons. The zero-order valence-corrected chi connectivity index (χ0v) is 12.6. The number of hydrogen-bond acceptors (Lipinski definition) is 4. The number of aryl methyl sites for hydroxylation is 1. The van der Waals surface area contributed by atoms with Gasteiger partial charge in [-0.15, -0.1) is 0 Å². The Morgan fingerprint density at radius 3 is 2.58 bits per heavy atom. The highest BCUT2D eigenvalue weighted by molar-refractivity contribution is 7.89. The summed E-state index contributed by atoms with van der Waals surface area (Å²) in [4.78, 5) is 0.262. The van der Waals surface area contributed by atoms with Crippen molar-refractivity contribution in [2.75, 3.05) is 7.05 Å². The van der Waals surface area contributed by atoms with Gasteiger partial charge in [0.1, 0.15) is 16.4 Å². The molecule has 0 atom stereocenters. The van der Waals surface area contributed by atoms with Crippen LogP contribution in [0, 0.1) is 6.92 Å². The van der Waals surface area contributed by atoms with Crippen molar-refractivity contribution in [2.45, 2.75) is 56.5 Å². The molecule has 0 radical (unpaired) electrons. The first-order valence-corrected chi connectivity index (χ1v) is 8.19. The topological polar surface area (TPSA) is 71.3 Å². The SMILES string of the molecule is CCC1(NS(=O)(=O)c2cc(CNC)oc2C)CCC1. The molecule has 2 N–H and O–H groups in total. The molecule has 2 rings (SSSR count). The fraction of sp³-hybridized carbons (Fsp3) is 0.692. The second-order valence-electron chi connectivity index (χ2n) is 5.26. The molecule has 0 amide bonds. The van der Waals surface area contributed by atoms with Gasteiger partial charge in [0.25, 0.3) is 0 Å². The molecule has 0 saturated heterocycles. The fourth-order valence-electron chi connectivity index (χ4n) is 2.52. The van der Waals surface area contributed by atoms with Crippen LogP contribution >= 0.6 is 0 Å². The van der Waals surface area contributed by atoms with E-state index in [4.69, 9.17) is 4.42 Å². The van der Waals surface area contributed by atoms with Gasteiger partial charge in [-0.2, -0.15) is 0 Å². The number of rotatable bonds is 6. The zero-order chi connectivity index (χ0) is 14.1. The molecule has 0 spiro atoms. The first kappa shape index (κ1) is 14.6. The van der Waals surface area contributed by atoms with Crippen molar-refractivity contribution in [3.05, 3.63) is 17.6 Å². The van der Waals surface area contributed by atoms with E-state index in [1.165, 1.54) is 0 Å². The summed E-state index contributed by atoms with van der Waals surface area (Å²) in [5.41, 5.74) is -0.244. The van der Waals surface area contributed by atoms with E-state index in [0.717, 1.165) is 25.7 Å². The smallest absolute Gasteiger partial charge is 0.244 e. The van der Waals surface area contributed by atoms with Crippen LogP contribution in [0.2, 0.25) is 0 Å². The summed E-state index contributed by atoms with van der Waals surface area (Å²) in [6.07, 6.45) is 3.75. The Bertz CT molecular complexity index is 539. The fourth-order valence-corrected chi connectivity index (χ4v) is 4.26. The van der Waals surface area contributed by atoms with Crippen LogP contribution in [0.4, 0.5) is 0 Å². The molecule has 1 aromatic rings. The van der Waals surface area contributed by atoms with Crippen molar-refractivity contribution in [1.29, 1.82) is 0 Å². The molecule has 0 unspecified atom stereocenters. The van der Waals surface area contributed by atoms with E-state index in [2.05, 4.69) is 10.0 Å². The summed E-state index contributed by atoms with van der Waals surface area (Å²) in [7, 11) is -1.69. The monoisotopic (exact) mass is 286 g/mol. The van der Waals surface area contributed by atoms with Gasteiger partial charge in [0.15, 0.2) is 0 Å². The second-order valence-corrected chi connectivity index (χ2v) is 6.91. The molecule has 1 aliphatic rings. The number of sulfonamides is 1. The van der Waals surface area contributed by atoms with Crippen LogP contribution in [0.1, 0.15) is 44.1 Å². The molecular weight excluding hydrogens is 264 g/mol. The number of furan rings is 1. The second kappa shape index (κ2) is 5.26. The summed E-state index contributed by atoms with van der Waals surface area (Å²) in [6.45, 7) is 4.23. The summed E-state index contributed by atoms with van der Waals surface area (Å²) >= 11 is 0. The highest BCUT2D eigenvalue weighted by Gasteiger charge is 2.39. The molecule has 6 heteroatoms. The standard InChI is InChI=1S/C13H22N2O3S/c1-4-13(6-5-7-13)15-19(16,17)12-8-11(9-14-3)18-10(12)2/h8,14-15H,4-7,9H2,1-3H3. The maximum Gasteiger partial charge on any atom is 0.244 e. The summed E-state index contributed by atoms with van der Waals surface area (Å²) in [5, 5.41) is 2.95. The predicted octanol–water partition coefficient (Wildman–Crippen LogP) is 1.92. The number of nitrogens with one attached hydrogen (secondary N) is 2. The molecule has 1 aliphatic carbocycles. The van der Waals surface area contributed by atoms with Crippen molar-refractivity contribution >= 4 is 10.0 Å². The molecular formula is C13H22N2O3S. The van der Waals surface area contributed by atoms with Gasteiger partial charge < -0.3 is 9.73 Å². The van der Waals surface area contributed by atoms with Crippen LogP contribution in [0.5, 0.6) is 0 Å². The Labute approximate surface area is 114 Å². The van der Waals surface area contributed by atoms with E-state index in [9.17, 15) is 8.42 Å². The van der Waals surface area contributed by atoms with Crippen LogP contribution in [0.25, 0.3) is 0 Å². The van der Waals surface area contributed by atoms with Crippen molar-refractivity contribution in [1.82, 2.24) is 10.0 Å². The van der Waals surface area contributed by atoms with Crippen molar-refractivity contribution in [3.8, 4) is 0 Å². The maximum atomic E-state index is 12.4. The quantitative estimate of drug-likeness (QED) is 0.838. The lowest BCUT2D eigenvalue weighted by Crippen LogP contribution is -2.52. The van der Waals surface area contributed by atoms with Crippen LogP contribution in [0.3, 0.4) is 0 Å². The highest BCUT2D eigenvalue weighted by atomic mass is 32.2. The molecule has 5 nitrogen and oxygen atoms in total. The largest absolute Gasteiger partial charge is 0.464 e. The summed E-state index contributed by atoms with van der Waals surface area (Å²) in [6, 6.07) is 1.61. The van der Waals surface area contributed by atoms with Gasteiger partial charge >= 0.3 is 0 Å². The Kier molecular flexibility index (Phi) is 4.03. The van der Waals surface area contributed by atoms with Crippen LogP contribution in [-0.4, -0.2) is 21.0 Å². The van der Waals surface area contributed by atoms with Crippen LogP contribution in [0.15, 0.2) is 15.4 Å². The Balaban J connectivity index is 2.24. The van der Waals surface area contributed by atoms with E-state index >= 15 is 0 Å². The van der Waals surface area contributed by atoms with E-state index < -0.39 is 10.0 Å². The molecule has 1 heterocycles. The Hall–Kier alpha value is -0.850. The van der Waals surface area contributed by atoms with Gasteiger partial charge in [0, 0.05) is 11.6 Å². The van der Waals surface area contributed by atoms with Gasteiger partial charge in [-0.25, -0.2) is 13.1 Å². The van der Waals surface area contributed by atoms with E-state index in [1.54, 1.807) is 20.0 Å². The van der Waals surface area contributed by atoms with Gasteiger partial charge in [0.05, 0.1) is 6.54 Å². The predicted molar refractivity (Wildman–Crippen MR) is 73.4 cm³/mol. The van der Waals surface area contributed by atoms with E-state index in [1.807, 2.05) is 6.92 Å². The van der Waals surface area contributed by atoms with Crippen molar-refractivity contribution < 1.29 is 12.8 Å². The Morgan fingerprint density at radius 2 is 2.11 bits per heavy atom. The third kappa shape index (κ3) is 2.85. The van der Waals surface area contributed by atoms with Crippen molar-refractivity contribution in [3.63, 3.8) is 0 Å². The molecule has 1 aromatic heterocycles. The third-order valence-electron chi connectivity index (χ3n) is 3.90. The van der Waals surface area contributed by atoms with E-state index in [0.29, 0.717) is 18.1 Å². The molecule has 0 aromatic carbocycles. The lowest BCUT2D eigenvalue weighted by atomic mass is 9.76. The molecule has 19 heavy (non-hydrogen) atoms. The normalized spacial score (nSPS) is 18.3. The minimum Gasteiger partial charge on any atom is -0.464 e. The first-order chi connectivity index (χ1) is 8.92. The summed E-state index contributed by atoms with van der Waals surface area (Å²) in [5.74, 6) is 1.09. The van der Waals surface area contributed by atoms with Gasteiger partial charge in [0.2, 0.25) is 10.0 Å². The van der Waals surface area contributed by atoms with Gasteiger partial charge in [-0.3, -0.25) is 0 Å². The molecule has 0 bridgehead atoms. The van der Waals surface area contributed by atoms with Crippen molar-refractivity contribution in [2.24, 2.45) is 0 Å². The molecule has 1 fully saturated rings.